The summed E-state index contributed by atoms with van der Waals surface area (Å²) >= 11 is 0. The molecule has 51 heavy (non-hydrogen) atoms. The molecule has 0 aliphatic carbocycles. The highest BCUT2D eigenvalue weighted by Crippen LogP contribution is 2.38. The van der Waals surface area contributed by atoms with E-state index in [0.717, 1.165) is 72.4 Å². The lowest BCUT2D eigenvalue weighted by Crippen LogP contribution is -2.36. The van der Waals surface area contributed by atoms with Crippen molar-refractivity contribution in [2.24, 2.45) is 9.98 Å². The fourth-order valence-electron chi connectivity index (χ4n) is 7.42. The van der Waals surface area contributed by atoms with Crippen molar-refractivity contribution in [1.82, 2.24) is 5.32 Å². The maximum absolute atomic E-state index is 6.61. The molecule has 4 heteroatoms. The first-order valence-corrected chi connectivity index (χ1v) is 17.3. The van der Waals surface area contributed by atoms with E-state index in [1.165, 1.54) is 21.7 Å². The molecule has 1 aromatic heterocycles. The minimum absolute atomic E-state index is 0.447. The van der Waals surface area contributed by atoms with Gasteiger partial charge in [0.2, 0.25) is 0 Å². The molecule has 8 aromatic carbocycles. The van der Waals surface area contributed by atoms with E-state index in [-0.39, 0.29) is 0 Å². The summed E-state index contributed by atoms with van der Waals surface area (Å²) in [4.78, 5) is 10.5. The van der Waals surface area contributed by atoms with Gasteiger partial charge in [-0.2, -0.15) is 0 Å². The molecule has 1 atom stereocenters. The van der Waals surface area contributed by atoms with Crippen molar-refractivity contribution in [2.75, 3.05) is 0 Å². The molecule has 0 spiro atoms. The van der Waals surface area contributed by atoms with E-state index >= 15 is 0 Å². The van der Waals surface area contributed by atoms with Crippen molar-refractivity contribution in [1.29, 1.82) is 0 Å². The first-order chi connectivity index (χ1) is 25.3. The second kappa shape index (κ2) is 12.0. The molecule has 4 nitrogen and oxygen atoms in total. The largest absolute Gasteiger partial charge is 0.455 e. The van der Waals surface area contributed by atoms with Crippen molar-refractivity contribution in [3.05, 3.63) is 193 Å². The third kappa shape index (κ3) is 5.08. The number of nitrogens with one attached hydrogen (secondary N) is 1. The van der Waals surface area contributed by atoms with Crippen molar-refractivity contribution >= 4 is 55.2 Å². The molecule has 0 fully saturated rings. The molecule has 0 saturated heterocycles. The zero-order valence-electron chi connectivity index (χ0n) is 27.6. The highest BCUT2D eigenvalue weighted by Gasteiger charge is 2.24. The van der Waals surface area contributed by atoms with Crippen LogP contribution in [0.25, 0.3) is 65.7 Å². The third-order valence-corrected chi connectivity index (χ3v) is 9.93. The van der Waals surface area contributed by atoms with Crippen LogP contribution in [0.3, 0.4) is 0 Å². The van der Waals surface area contributed by atoms with E-state index in [1.54, 1.807) is 0 Å². The number of furan rings is 1. The van der Waals surface area contributed by atoms with Gasteiger partial charge in [0.05, 0.1) is 0 Å². The van der Waals surface area contributed by atoms with E-state index in [4.69, 9.17) is 14.4 Å². The highest BCUT2D eigenvalue weighted by atomic mass is 16.3. The number of rotatable bonds is 5. The van der Waals surface area contributed by atoms with Crippen molar-refractivity contribution < 1.29 is 4.42 Å². The Morgan fingerprint density at radius 3 is 1.94 bits per heavy atom. The summed E-state index contributed by atoms with van der Waals surface area (Å²) in [7, 11) is 0. The van der Waals surface area contributed by atoms with Gasteiger partial charge >= 0.3 is 0 Å². The minimum Gasteiger partial charge on any atom is -0.455 e. The summed E-state index contributed by atoms with van der Waals surface area (Å²) in [5, 5.41) is 10.6. The highest BCUT2D eigenvalue weighted by molar-refractivity contribution is 6.24. The average Bonchev–Trinajstić information content (AvgIpc) is 3.60. The van der Waals surface area contributed by atoms with Crippen molar-refractivity contribution in [2.45, 2.75) is 6.17 Å². The molecular formula is C47H31N3O. The monoisotopic (exact) mass is 653 g/mol. The molecule has 0 radical (unpaired) electrons. The van der Waals surface area contributed by atoms with Gasteiger partial charge in [-0.3, -0.25) is 0 Å². The second-order valence-corrected chi connectivity index (χ2v) is 13.0. The lowest BCUT2D eigenvalue weighted by atomic mass is 9.97. The quantitative estimate of drug-likeness (QED) is 0.201. The molecule has 0 amide bonds. The Bertz CT molecular complexity index is 2820. The Hall–Kier alpha value is -6.78. The van der Waals surface area contributed by atoms with Crippen LogP contribution in [0.1, 0.15) is 22.9 Å². The predicted octanol–water partition coefficient (Wildman–Crippen LogP) is 11.7. The number of aliphatic imine (C=N–C) groups is 2. The van der Waals surface area contributed by atoms with Gasteiger partial charge in [0.15, 0.2) is 6.17 Å². The molecule has 9 aromatic rings. The summed E-state index contributed by atoms with van der Waals surface area (Å²) in [6, 6.07) is 61.6. The van der Waals surface area contributed by atoms with Crippen LogP contribution in [0, 0.1) is 0 Å². The Morgan fingerprint density at radius 1 is 0.431 bits per heavy atom. The van der Waals surface area contributed by atoms with Gasteiger partial charge in [-0.1, -0.05) is 164 Å². The lowest BCUT2D eigenvalue weighted by Gasteiger charge is -2.23. The van der Waals surface area contributed by atoms with Crippen LogP contribution in [-0.4, -0.2) is 11.7 Å². The summed E-state index contributed by atoms with van der Waals surface area (Å²) in [5.74, 6) is 1.54. The fraction of sp³-hybridized carbons (Fsp3) is 0.0213. The van der Waals surface area contributed by atoms with Crippen LogP contribution in [0.5, 0.6) is 0 Å². The Kier molecular flexibility index (Phi) is 6.85. The maximum Gasteiger partial charge on any atom is 0.169 e. The van der Waals surface area contributed by atoms with E-state index in [1.807, 2.05) is 18.2 Å². The van der Waals surface area contributed by atoms with Gasteiger partial charge in [-0.15, -0.1) is 0 Å². The van der Waals surface area contributed by atoms with Gasteiger partial charge < -0.3 is 9.73 Å². The fourth-order valence-corrected chi connectivity index (χ4v) is 7.42. The van der Waals surface area contributed by atoms with Gasteiger partial charge in [0, 0.05) is 27.5 Å². The Labute approximate surface area is 295 Å². The molecule has 0 saturated carbocycles. The van der Waals surface area contributed by atoms with Gasteiger partial charge in [0.1, 0.15) is 22.8 Å². The Morgan fingerprint density at radius 2 is 1.06 bits per heavy atom. The molecular weight excluding hydrogens is 623 g/mol. The number of fused-ring (bicyclic) bond motifs is 5. The summed E-state index contributed by atoms with van der Waals surface area (Å²) < 4.78 is 6.61. The summed E-state index contributed by atoms with van der Waals surface area (Å²) in [6.45, 7) is 0. The van der Waals surface area contributed by atoms with Crippen LogP contribution in [0.4, 0.5) is 0 Å². The summed E-state index contributed by atoms with van der Waals surface area (Å²) in [6.07, 6.45) is -0.447. The van der Waals surface area contributed by atoms with Crippen LogP contribution < -0.4 is 5.32 Å². The standard InChI is InChI=1S/C47H31N3O/c1-2-12-32(13-3-1)39-19-9-20-40-43-41(21-10-22-42(43)51-44(39)40)47-49-45(48-46(50-47)36-28-23-30-11-4-5-15-35(30)29-36)34-26-24-33(25-27-34)38-18-8-16-31-14-6-7-17-37(31)38/h1-29,45H,(H,48,49,50). The first kappa shape index (κ1) is 29.2. The predicted molar refractivity (Wildman–Crippen MR) is 211 cm³/mol. The molecule has 240 valence electrons. The third-order valence-electron chi connectivity index (χ3n) is 9.93. The van der Waals surface area contributed by atoms with Crippen LogP contribution in [-0.2, 0) is 0 Å². The van der Waals surface area contributed by atoms with Crippen molar-refractivity contribution in [3.8, 4) is 22.3 Å². The van der Waals surface area contributed by atoms with E-state index in [2.05, 4.69) is 163 Å². The number of nitrogens with zero attached hydrogens (tertiary/aromatic N) is 2. The molecule has 1 aliphatic rings. The summed E-state index contributed by atoms with van der Waals surface area (Å²) in [5.41, 5.74) is 9.25. The van der Waals surface area contributed by atoms with Gasteiger partial charge in [0.25, 0.3) is 0 Å². The average molecular weight is 654 g/mol. The molecule has 0 bridgehead atoms. The van der Waals surface area contributed by atoms with Crippen LogP contribution in [0.2, 0.25) is 0 Å². The normalized spacial score (nSPS) is 14.5. The molecule has 1 unspecified atom stereocenters. The SMILES string of the molecule is c1ccc(-c2cccc3c2oc2cccc(C4=NC(c5ccc(-c6cccc7ccccc67)cc5)N=C(c5ccc6ccccc6c5)N4)c23)cc1. The lowest BCUT2D eigenvalue weighted by molar-refractivity contribution is 0.670. The van der Waals surface area contributed by atoms with Crippen molar-refractivity contribution in [3.63, 3.8) is 0 Å². The maximum atomic E-state index is 6.61. The molecule has 1 aliphatic heterocycles. The molecule has 2 heterocycles. The van der Waals surface area contributed by atoms with E-state index < -0.39 is 6.17 Å². The Balaban J connectivity index is 1.12. The number of hydrogen-bond acceptors (Lipinski definition) is 4. The molecule has 10 rings (SSSR count). The number of benzene rings is 8. The topological polar surface area (TPSA) is 49.9 Å². The van der Waals surface area contributed by atoms with Gasteiger partial charge in [-0.25, -0.2) is 9.98 Å². The zero-order valence-corrected chi connectivity index (χ0v) is 27.6. The van der Waals surface area contributed by atoms with E-state index in [0.29, 0.717) is 0 Å². The number of hydrogen-bond donors (Lipinski definition) is 1. The van der Waals surface area contributed by atoms with E-state index in [9.17, 15) is 0 Å². The second-order valence-electron chi connectivity index (χ2n) is 13.0. The number of amidine groups is 2. The van der Waals surface area contributed by atoms with Gasteiger partial charge in [-0.05, 0) is 55.9 Å². The van der Waals surface area contributed by atoms with Crippen LogP contribution >= 0.6 is 0 Å². The molecule has 1 N–H and O–H groups in total. The van der Waals surface area contributed by atoms with Crippen LogP contribution in [0.15, 0.2) is 190 Å². The first-order valence-electron chi connectivity index (χ1n) is 17.3. The number of para-hydroxylation sites is 1. The zero-order chi connectivity index (χ0) is 33.7. The smallest absolute Gasteiger partial charge is 0.169 e. The minimum atomic E-state index is -0.447.